The minimum Gasteiger partial charge on any atom is -0.322 e. The van der Waals surface area contributed by atoms with Crippen molar-refractivity contribution in [2.45, 2.75) is 39.2 Å². The summed E-state index contributed by atoms with van der Waals surface area (Å²) in [4.78, 5) is 10.8. The van der Waals surface area contributed by atoms with Crippen LogP contribution in [-0.4, -0.2) is 11.8 Å². The van der Waals surface area contributed by atoms with Crippen molar-refractivity contribution >= 4 is 18.2 Å². The summed E-state index contributed by atoms with van der Waals surface area (Å²) in [5.41, 5.74) is 5.33. The van der Waals surface area contributed by atoms with E-state index >= 15 is 0 Å². The fourth-order valence-corrected chi connectivity index (χ4v) is 0.579. The Morgan fingerprint density at radius 3 is 2.40 bits per heavy atom. The molecule has 1 atom stereocenters. The Morgan fingerprint density at radius 1 is 1.60 bits per heavy atom. The van der Waals surface area contributed by atoms with Crippen LogP contribution in [0.25, 0.3) is 0 Å². The highest BCUT2D eigenvalue weighted by molar-refractivity contribution is 5.85. The number of carbonyl (C=O) groups excluding carboxylic acids is 1. The number of rotatable bonds is 4. The Kier molecular flexibility index (Phi) is 8.85. The maximum Gasteiger partial charge on any atom is 0.149 e. The van der Waals surface area contributed by atoms with Gasteiger partial charge in [0, 0.05) is 6.42 Å². The van der Waals surface area contributed by atoms with Gasteiger partial charge in [0.1, 0.15) is 5.78 Å². The van der Waals surface area contributed by atoms with Gasteiger partial charge in [0.25, 0.3) is 0 Å². The molecule has 0 aliphatic carbocycles. The van der Waals surface area contributed by atoms with Gasteiger partial charge in [0.2, 0.25) is 0 Å². The number of nitrogens with two attached hydrogens (primary N) is 1. The van der Waals surface area contributed by atoms with Crippen molar-refractivity contribution in [1.29, 1.82) is 0 Å². The molecule has 0 aliphatic rings. The van der Waals surface area contributed by atoms with Crippen LogP contribution in [0.5, 0.6) is 0 Å². The van der Waals surface area contributed by atoms with Crippen LogP contribution < -0.4 is 5.73 Å². The van der Waals surface area contributed by atoms with Crippen molar-refractivity contribution in [2.75, 3.05) is 0 Å². The molecule has 0 aromatic rings. The summed E-state index contributed by atoms with van der Waals surface area (Å²) in [6.07, 6.45) is 2.69. The van der Waals surface area contributed by atoms with Crippen molar-refractivity contribution in [1.82, 2.24) is 0 Å². The number of unbranched alkanes of at least 4 members (excludes halogenated alkanes) is 1. The lowest BCUT2D eigenvalue weighted by Crippen LogP contribution is -2.26. The largest absolute Gasteiger partial charge is 0.322 e. The van der Waals surface area contributed by atoms with E-state index in [4.69, 9.17) is 5.73 Å². The van der Waals surface area contributed by atoms with Gasteiger partial charge in [-0.1, -0.05) is 13.3 Å². The van der Waals surface area contributed by atoms with Crippen LogP contribution in [0.15, 0.2) is 0 Å². The molecule has 0 saturated carbocycles. The number of Topliss-reactive ketones (excluding diaryl/α,β-unsaturated/α-hetero) is 1. The average Bonchev–Trinajstić information content (AvgIpc) is 1.82. The summed E-state index contributed by atoms with van der Waals surface area (Å²) in [6, 6.07) is -0.267. The first-order valence-corrected chi connectivity index (χ1v) is 3.46. The van der Waals surface area contributed by atoms with Crippen LogP contribution >= 0.6 is 12.4 Å². The second-order valence-electron chi connectivity index (χ2n) is 2.36. The van der Waals surface area contributed by atoms with E-state index in [0.717, 1.165) is 12.8 Å². The number of halogens is 1. The van der Waals surface area contributed by atoms with E-state index in [1.54, 1.807) is 6.92 Å². The molecule has 0 saturated heterocycles. The molecule has 0 rings (SSSR count). The Hall–Kier alpha value is -0.0800. The van der Waals surface area contributed by atoms with Gasteiger partial charge in [0.05, 0.1) is 6.04 Å². The standard InChI is InChI=1S/C7H15NO.ClH/c1-3-4-5-7(9)6(2)8;/h6H,3-5,8H2,1-2H3;1H/t6-;/m1./s1. The van der Waals surface area contributed by atoms with Crippen LogP contribution in [0, 0.1) is 0 Å². The van der Waals surface area contributed by atoms with Gasteiger partial charge < -0.3 is 5.73 Å². The second kappa shape index (κ2) is 7.03. The molecule has 0 radical (unpaired) electrons. The maximum atomic E-state index is 10.8. The van der Waals surface area contributed by atoms with E-state index < -0.39 is 0 Å². The Bertz CT molecular complexity index is 93.6. The number of carbonyl (C=O) groups is 1. The third-order valence-corrected chi connectivity index (χ3v) is 1.28. The van der Waals surface area contributed by atoms with Gasteiger partial charge in [0.15, 0.2) is 0 Å². The van der Waals surface area contributed by atoms with Crippen molar-refractivity contribution in [2.24, 2.45) is 5.73 Å². The lowest BCUT2D eigenvalue weighted by atomic mass is 10.1. The number of hydrogen-bond donors (Lipinski definition) is 1. The highest BCUT2D eigenvalue weighted by Gasteiger charge is 2.04. The van der Waals surface area contributed by atoms with Crippen molar-refractivity contribution in [3.05, 3.63) is 0 Å². The molecule has 0 aliphatic heterocycles. The van der Waals surface area contributed by atoms with E-state index in [1.165, 1.54) is 0 Å². The van der Waals surface area contributed by atoms with E-state index in [-0.39, 0.29) is 24.2 Å². The summed E-state index contributed by atoms with van der Waals surface area (Å²) >= 11 is 0. The van der Waals surface area contributed by atoms with Gasteiger partial charge in [-0.3, -0.25) is 4.79 Å². The molecule has 2 N–H and O–H groups in total. The quantitative estimate of drug-likeness (QED) is 0.687. The fourth-order valence-electron chi connectivity index (χ4n) is 0.579. The Balaban J connectivity index is 0. The molecular weight excluding hydrogens is 150 g/mol. The molecule has 10 heavy (non-hydrogen) atoms. The van der Waals surface area contributed by atoms with E-state index in [1.807, 2.05) is 0 Å². The summed E-state index contributed by atoms with van der Waals surface area (Å²) in [5, 5.41) is 0. The van der Waals surface area contributed by atoms with Crippen molar-refractivity contribution < 1.29 is 4.79 Å². The summed E-state index contributed by atoms with van der Waals surface area (Å²) in [5.74, 6) is 0.178. The molecule has 2 nitrogen and oxygen atoms in total. The topological polar surface area (TPSA) is 43.1 Å². The predicted molar refractivity (Wildman–Crippen MR) is 45.4 cm³/mol. The van der Waals surface area contributed by atoms with Crippen molar-refractivity contribution in [3.8, 4) is 0 Å². The van der Waals surface area contributed by atoms with Crippen LogP contribution in [0.2, 0.25) is 0 Å². The van der Waals surface area contributed by atoms with Gasteiger partial charge in [-0.2, -0.15) is 0 Å². The van der Waals surface area contributed by atoms with Crippen LogP contribution in [0.1, 0.15) is 33.1 Å². The van der Waals surface area contributed by atoms with Crippen molar-refractivity contribution in [3.63, 3.8) is 0 Å². The zero-order valence-electron chi connectivity index (χ0n) is 6.59. The number of hydrogen-bond acceptors (Lipinski definition) is 2. The molecule has 0 amide bonds. The fraction of sp³-hybridized carbons (Fsp3) is 0.857. The molecule has 0 heterocycles. The first-order chi connectivity index (χ1) is 4.18. The summed E-state index contributed by atoms with van der Waals surface area (Å²) in [6.45, 7) is 3.80. The monoisotopic (exact) mass is 165 g/mol. The lowest BCUT2D eigenvalue weighted by molar-refractivity contribution is -0.120. The Morgan fingerprint density at radius 2 is 2.10 bits per heavy atom. The first-order valence-electron chi connectivity index (χ1n) is 3.46. The first kappa shape index (κ1) is 12.6. The molecule has 0 unspecified atom stereocenters. The van der Waals surface area contributed by atoms with Gasteiger partial charge in [-0.15, -0.1) is 12.4 Å². The lowest BCUT2D eigenvalue weighted by Gasteiger charge is -2.00. The molecule has 0 fully saturated rings. The van der Waals surface area contributed by atoms with E-state index in [9.17, 15) is 4.79 Å². The van der Waals surface area contributed by atoms with Crippen LogP contribution in [-0.2, 0) is 4.79 Å². The molecule has 3 heteroatoms. The Labute approximate surface area is 68.6 Å². The SMILES string of the molecule is CCCCC(=O)[C@@H](C)N.Cl. The second-order valence-corrected chi connectivity index (χ2v) is 2.36. The zero-order chi connectivity index (χ0) is 7.28. The molecule has 0 aromatic carbocycles. The minimum atomic E-state index is -0.267. The maximum absolute atomic E-state index is 10.8. The van der Waals surface area contributed by atoms with Gasteiger partial charge in [-0.05, 0) is 13.3 Å². The predicted octanol–water partition coefficient (Wildman–Crippen LogP) is 1.51. The van der Waals surface area contributed by atoms with Gasteiger partial charge in [-0.25, -0.2) is 0 Å². The summed E-state index contributed by atoms with van der Waals surface area (Å²) < 4.78 is 0. The zero-order valence-corrected chi connectivity index (χ0v) is 7.41. The van der Waals surface area contributed by atoms with Crippen LogP contribution in [0.4, 0.5) is 0 Å². The third-order valence-electron chi connectivity index (χ3n) is 1.28. The highest BCUT2D eigenvalue weighted by Crippen LogP contribution is 1.96. The van der Waals surface area contributed by atoms with Crippen LogP contribution in [0.3, 0.4) is 0 Å². The highest BCUT2D eigenvalue weighted by atomic mass is 35.5. The third kappa shape index (κ3) is 6.05. The van der Waals surface area contributed by atoms with Gasteiger partial charge >= 0.3 is 0 Å². The molecular formula is C7H16ClNO. The average molecular weight is 166 g/mol. The normalized spacial score (nSPS) is 11.9. The molecule has 0 bridgehead atoms. The molecule has 0 aromatic heterocycles. The molecule has 62 valence electrons. The van der Waals surface area contributed by atoms with E-state index in [2.05, 4.69) is 6.92 Å². The van der Waals surface area contributed by atoms with E-state index in [0.29, 0.717) is 6.42 Å². The smallest absolute Gasteiger partial charge is 0.149 e. The summed E-state index contributed by atoms with van der Waals surface area (Å²) in [7, 11) is 0. The minimum absolute atomic E-state index is 0. The molecule has 0 spiro atoms. The number of ketones is 1.